The maximum Gasteiger partial charge on any atom is 0.233 e. The first-order valence-corrected chi connectivity index (χ1v) is 13.1. The fraction of sp³-hybridized carbons (Fsp3) is 0.391. The van der Waals surface area contributed by atoms with Gasteiger partial charge in [-0.1, -0.05) is 29.5 Å². The van der Waals surface area contributed by atoms with E-state index in [0.717, 1.165) is 34.2 Å². The maximum absolute atomic E-state index is 13.4. The number of thiazole rings is 1. The van der Waals surface area contributed by atoms with Gasteiger partial charge in [-0.3, -0.25) is 9.69 Å². The number of aromatic nitrogens is 1. The van der Waals surface area contributed by atoms with Crippen LogP contribution in [0.15, 0.2) is 41.3 Å². The molecule has 1 atom stereocenters. The van der Waals surface area contributed by atoms with Crippen molar-refractivity contribution in [3.63, 3.8) is 0 Å². The molecule has 0 radical (unpaired) electrons. The maximum atomic E-state index is 13.4. The predicted octanol–water partition coefficient (Wildman–Crippen LogP) is 3.77. The van der Waals surface area contributed by atoms with Gasteiger partial charge in [0.05, 0.1) is 35.8 Å². The van der Waals surface area contributed by atoms with Crippen molar-refractivity contribution in [2.24, 2.45) is 0 Å². The van der Waals surface area contributed by atoms with Crippen LogP contribution in [0.25, 0.3) is 10.2 Å². The molecule has 7 nitrogen and oxygen atoms in total. The van der Waals surface area contributed by atoms with Crippen molar-refractivity contribution >= 4 is 42.4 Å². The zero-order valence-electron chi connectivity index (χ0n) is 18.3. The number of carbonyl (C=O) groups is 1. The van der Waals surface area contributed by atoms with Gasteiger partial charge in [0, 0.05) is 12.9 Å². The molecule has 4 rings (SSSR count). The number of sulfone groups is 1. The lowest BCUT2D eigenvalue weighted by Crippen LogP contribution is -2.38. The first-order chi connectivity index (χ1) is 15.3. The minimum absolute atomic E-state index is 0.0263. The lowest BCUT2D eigenvalue weighted by Gasteiger charge is -2.23. The van der Waals surface area contributed by atoms with E-state index < -0.39 is 9.84 Å². The van der Waals surface area contributed by atoms with E-state index in [1.165, 1.54) is 29.7 Å². The van der Waals surface area contributed by atoms with Gasteiger partial charge in [0.2, 0.25) is 5.91 Å². The van der Waals surface area contributed by atoms with E-state index in [1.54, 1.807) is 24.1 Å². The molecular formula is C23H26N2O5S2. The van der Waals surface area contributed by atoms with Gasteiger partial charge >= 0.3 is 0 Å². The summed E-state index contributed by atoms with van der Waals surface area (Å²) in [4.78, 5) is 20.1. The Labute approximate surface area is 191 Å². The number of methoxy groups -OCH3 is 1. The van der Waals surface area contributed by atoms with Gasteiger partial charge < -0.3 is 9.47 Å². The molecule has 32 heavy (non-hydrogen) atoms. The quantitative estimate of drug-likeness (QED) is 0.518. The molecule has 1 amide bonds. The van der Waals surface area contributed by atoms with E-state index in [0.29, 0.717) is 24.0 Å². The monoisotopic (exact) mass is 474 g/mol. The standard InChI is InChI=1S/C23H26N2O5S2/c1-15-6-11-19(29-2)21-22(15)31-23(24-21)25(14-17-5-4-12-30-17)20(26)13-16-7-9-18(10-8-16)32(3,27)28/h6-11,17H,4-5,12-14H2,1-3H3. The zero-order valence-corrected chi connectivity index (χ0v) is 20.0. The number of nitrogens with zero attached hydrogens (tertiary/aromatic N) is 2. The van der Waals surface area contributed by atoms with Gasteiger partial charge in [0.1, 0.15) is 11.3 Å². The number of hydrogen-bond donors (Lipinski definition) is 0. The highest BCUT2D eigenvalue weighted by atomic mass is 32.2. The second-order valence-electron chi connectivity index (χ2n) is 7.99. The Morgan fingerprint density at radius 2 is 2.00 bits per heavy atom. The number of benzene rings is 2. The molecule has 9 heteroatoms. The lowest BCUT2D eigenvalue weighted by atomic mass is 10.1. The van der Waals surface area contributed by atoms with Crippen LogP contribution >= 0.6 is 11.3 Å². The molecule has 0 spiro atoms. The van der Waals surface area contributed by atoms with Crippen LogP contribution in [0.1, 0.15) is 24.0 Å². The van der Waals surface area contributed by atoms with Gasteiger partial charge in [0.25, 0.3) is 0 Å². The molecule has 1 aromatic heterocycles. The summed E-state index contributed by atoms with van der Waals surface area (Å²) in [6, 6.07) is 10.3. The molecule has 2 heterocycles. The third kappa shape index (κ3) is 4.79. The molecule has 0 saturated carbocycles. The van der Waals surface area contributed by atoms with Crippen molar-refractivity contribution < 1.29 is 22.7 Å². The van der Waals surface area contributed by atoms with Crippen molar-refractivity contribution in [1.82, 2.24) is 4.98 Å². The Kier molecular flexibility index (Phi) is 6.50. The second-order valence-corrected chi connectivity index (χ2v) is 11.0. The Balaban J connectivity index is 1.65. The molecule has 2 aromatic carbocycles. The van der Waals surface area contributed by atoms with E-state index >= 15 is 0 Å². The van der Waals surface area contributed by atoms with Gasteiger partial charge in [-0.25, -0.2) is 13.4 Å². The average molecular weight is 475 g/mol. The molecule has 1 aliphatic rings. The minimum atomic E-state index is -3.28. The summed E-state index contributed by atoms with van der Waals surface area (Å²) in [5.74, 6) is 0.567. The largest absolute Gasteiger partial charge is 0.494 e. The minimum Gasteiger partial charge on any atom is -0.494 e. The Morgan fingerprint density at radius 1 is 1.25 bits per heavy atom. The van der Waals surface area contributed by atoms with Crippen molar-refractivity contribution in [1.29, 1.82) is 0 Å². The van der Waals surface area contributed by atoms with Crippen LogP contribution in [0.2, 0.25) is 0 Å². The molecule has 1 aliphatic heterocycles. The number of aryl methyl sites for hydroxylation is 1. The van der Waals surface area contributed by atoms with Crippen LogP contribution in [0.5, 0.6) is 5.75 Å². The van der Waals surface area contributed by atoms with E-state index in [-0.39, 0.29) is 23.3 Å². The van der Waals surface area contributed by atoms with Gasteiger partial charge in [-0.2, -0.15) is 0 Å². The molecule has 1 saturated heterocycles. The number of amides is 1. The molecule has 1 fully saturated rings. The fourth-order valence-electron chi connectivity index (χ4n) is 3.78. The van der Waals surface area contributed by atoms with Crippen molar-refractivity contribution in [3.8, 4) is 5.75 Å². The molecule has 3 aromatic rings. The number of hydrogen-bond acceptors (Lipinski definition) is 7. The van der Waals surface area contributed by atoms with Crippen LogP contribution < -0.4 is 9.64 Å². The highest BCUT2D eigenvalue weighted by molar-refractivity contribution is 7.90. The number of carbonyl (C=O) groups excluding carboxylic acids is 1. The topological polar surface area (TPSA) is 85.8 Å². The van der Waals surface area contributed by atoms with Crippen molar-refractivity contribution in [2.45, 2.75) is 37.2 Å². The van der Waals surface area contributed by atoms with Gasteiger partial charge in [-0.15, -0.1) is 0 Å². The van der Waals surface area contributed by atoms with Crippen LogP contribution in [-0.4, -0.2) is 51.9 Å². The Hall–Kier alpha value is -2.49. The predicted molar refractivity (Wildman–Crippen MR) is 125 cm³/mol. The summed E-state index contributed by atoms with van der Waals surface area (Å²) in [5.41, 5.74) is 2.56. The Bertz CT molecular complexity index is 1230. The lowest BCUT2D eigenvalue weighted by molar-refractivity contribution is -0.118. The summed E-state index contributed by atoms with van der Waals surface area (Å²) in [7, 11) is -1.67. The van der Waals surface area contributed by atoms with Crippen LogP contribution in [0.3, 0.4) is 0 Å². The first kappa shape index (κ1) is 22.7. The molecule has 1 unspecified atom stereocenters. The SMILES string of the molecule is COc1ccc(C)c2sc(N(CC3CCCO3)C(=O)Cc3ccc(S(C)(=O)=O)cc3)nc12. The normalized spacial score (nSPS) is 16.4. The highest BCUT2D eigenvalue weighted by Crippen LogP contribution is 2.37. The van der Waals surface area contributed by atoms with Crippen LogP contribution in [-0.2, 0) is 25.8 Å². The van der Waals surface area contributed by atoms with Crippen LogP contribution in [0.4, 0.5) is 5.13 Å². The van der Waals surface area contributed by atoms with E-state index in [4.69, 9.17) is 14.5 Å². The highest BCUT2D eigenvalue weighted by Gasteiger charge is 2.27. The van der Waals surface area contributed by atoms with E-state index in [9.17, 15) is 13.2 Å². The van der Waals surface area contributed by atoms with Crippen LogP contribution in [0, 0.1) is 6.92 Å². The smallest absolute Gasteiger partial charge is 0.233 e. The first-order valence-electron chi connectivity index (χ1n) is 10.4. The molecule has 0 bridgehead atoms. The summed E-state index contributed by atoms with van der Waals surface area (Å²) >= 11 is 1.47. The van der Waals surface area contributed by atoms with Gasteiger partial charge in [0.15, 0.2) is 15.0 Å². The van der Waals surface area contributed by atoms with Gasteiger partial charge in [-0.05, 0) is 49.1 Å². The summed E-state index contributed by atoms with van der Waals surface area (Å²) in [5, 5.41) is 0.612. The summed E-state index contributed by atoms with van der Waals surface area (Å²) < 4.78 is 35.7. The molecule has 170 valence electrons. The zero-order chi connectivity index (χ0) is 22.9. The van der Waals surface area contributed by atoms with Crippen molar-refractivity contribution in [2.75, 3.05) is 31.4 Å². The molecule has 0 aliphatic carbocycles. The van der Waals surface area contributed by atoms with E-state index in [1.807, 2.05) is 19.1 Å². The average Bonchev–Trinajstić information content (AvgIpc) is 3.42. The van der Waals surface area contributed by atoms with E-state index in [2.05, 4.69) is 0 Å². The number of fused-ring (bicyclic) bond motifs is 1. The molecule has 0 N–H and O–H groups in total. The Morgan fingerprint density at radius 3 is 2.62 bits per heavy atom. The summed E-state index contributed by atoms with van der Waals surface area (Å²) in [6.07, 6.45) is 3.16. The second kappa shape index (κ2) is 9.17. The fourth-order valence-corrected chi connectivity index (χ4v) is 5.49. The summed E-state index contributed by atoms with van der Waals surface area (Å²) in [6.45, 7) is 3.15. The third-order valence-electron chi connectivity index (χ3n) is 5.56. The molecular weight excluding hydrogens is 448 g/mol. The third-order valence-corrected chi connectivity index (χ3v) is 7.90. The number of anilines is 1. The van der Waals surface area contributed by atoms with Crippen molar-refractivity contribution in [3.05, 3.63) is 47.5 Å². The number of ether oxygens (including phenoxy) is 2. The number of rotatable bonds is 7.